The first-order valence-corrected chi connectivity index (χ1v) is 4.67. The molecular formula is C10H10ClNO2. The van der Waals surface area contributed by atoms with Gasteiger partial charge in [0.05, 0.1) is 5.69 Å². The van der Waals surface area contributed by atoms with Gasteiger partial charge in [0.25, 0.3) is 0 Å². The molecule has 0 saturated carbocycles. The van der Waals surface area contributed by atoms with Crippen LogP contribution in [0.15, 0.2) is 18.2 Å². The second-order valence-electron chi connectivity index (χ2n) is 3.71. The first-order valence-electron chi connectivity index (χ1n) is 4.29. The van der Waals surface area contributed by atoms with E-state index >= 15 is 0 Å². The third-order valence-electron chi connectivity index (χ3n) is 2.21. The molecule has 0 unspecified atom stereocenters. The Labute approximate surface area is 87.0 Å². The summed E-state index contributed by atoms with van der Waals surface area (Å²) in [5.74, 6) is 0. The molecule has 74 valence electrons. The van der Waals surface area contributed by atoms with E-state index in [2.05, 4.69) is 5.32 Å². The number of amides is 1. The fourth-order valence-corrected chi connectivity index (χ4v) is 1.72. The Morgan fingerprint density at radius 3 is 2.86 bits per heavy atom. The first-order chi connectivity index (χ1) is 6.49. The van der Waals surface area contributed by atoms with Gasteiger partial charge < -0.3 is 4.74 Å². The Bertz CT molecular complexity index is 401. The highest BCUT2D eigenvalue weighted by Gasteiger charge is 2.33. The lowest BCUT2D eigenvalue weighted by Gasteiger charge is -2.32. The maximum Gasteiger partial charge on any atom is 0.412 e. The summed E-state index contributed by atoms with van der Waals surface area (Å²) < 4.78 is 5.15. The van der Waals surface area contributed by atoms with Gasteiger partial charge in [-0.05, 0) is 32.0 Å². The number of fused-ring (bicyclic) bond motifs is 1. The number of ether oxygens (including phenoxy) is 1. The van der Waals surface area contributed by atoms with E-state index in [0.29, 0.717) is 5.02 Å². The number of rotatable bonds is 0. The van der Waals surface area contributed by atoms with Gasteiger partial charge in [-0.1, -0.05) is 11.6 Å². The van der Waals surface area contributed by atoms with E-state index in [1.54, 1.807) is 18.2 Å². The predicted molar refractivity (Wildman–Crippen MR) is 54.6 cm³/mol. The Morgan fingerprint density at radius 2 is 2.14 bits per heavy atom. The number of carbonyl (C=O) groups excluding carboxylic acids is 1. The van der Waals surface area contributed by atoms with Gasteiger partial charge in [0, 0.05) is 10.6 Å². The summed E-state index contributed by atoms with van der Waals surface area (Å²) in [7, 11) is 0. The van der Waals surface area contributed by atoms with Crippen molar-refractivity contribution < 1.29 is 9.53 Å². The van der Waals surface area contributed by atoms with Crippen LogP contribution in [0.5, 0.6) is 0 Å². The second-order valence-corrected chi connectivity index (χ2v) is 4.15. The van der Waals surface area contributed by atoms with Crippen LogP contribution in [0.1, 0.15) is 19.4 Å². The molecule has 1 aliphatic heterocycles. The van der Waals surface area contributed by atoms with E-state index in [-0.39, 0.29) is 0 Å². The summed E-state index contributed by atoms with van der Waals surface area (Å²) in [6.07, 6.45) is -0.426. The van der Waals surface area contributed by atoms with Crippen LogP contribution in [0.2, 0.25) is 5.02 Å². The Hall–Kier alpha value is -1.22. The third kappa shape index (κ3) is 1.44. The van der Waals surface area contributed by atoms with Gasteiger partial charge in [0.1, 0.15) is 5.60 Å². The molecule has 0 aromatic heterocycles. The molecule has 0 spiro atoms. The summed E-state index contributed by atoms with van der Waals surface area (Å²) in [5.41, 5.74) is 1.03. The fourth-order valence-electron chi connectivity index (χ4n) is 1.55. The summed E-state index contributed by atoms with van der Waals surface area (Å²) >= 11 is 5.87. The molecule has 1 aliphatic rings. The fraction of sp³-hybridized carbons (Fsp3) is 0.300. The van der Waals surface area contributed by atoms with Crippen LogP contribution in [0, 0.1) is 0 Å². The van der Waals surface area contributed by atoms with Crippen molar-refractivity contribution in [3.63, 3.8) is 0 Å². The van der Waals surface area contributed by atoms with Crippen LogP contribution in [-0.4, -0.2) is 6.09 Å². The Balaban J connectivity index is 2.58. The molecule has 1 heterocycles. The summed E-state index contributed by atoms with van der Waals surface area (Å²) in [5, 5.41) is 3.26. The summed E-state index contributed by atoms with van der Waals surface area (Å²) in [4.78, 5) is 11.2. The van der Waals surface area contributed by atoms with Crippen LogP contribution in [0.3, 0.4) is 0 Å². The van der Waals surface area contributed by atoms with Crippen LogP contribution < -0.4 is 5.32 Å². The molecule has 3 nitrogen and oxygen atoms in total. The SMILES string of the molecule is CC1(C)OC(=O)Nc2ccc(Cl)cc21. The minimum atomic E-state index is -0.622. The van der Waals surface area contributed by atoms with E-state index in [9.17, 15) is 4.79 Å². The monoisotopic (exact) mass is 211 g/mol. The Morgan fingerprint density at radius 1 is 1.43 bits per heavy atom. The number of anilines is 1. The predicted octanol–water partition coefficient (Wildman–Crippen LogP) is 3.14. The number of carbonyl (C=O) groups is 1. The van der Waals surface area contributed by atoms with Crippen LogP contribution in [0.25, 0.3) is 0 Å². The average Bonchev–Trinajstić information content (AvgIpc) is 2.05. The van der Waals surface area contributed by atoms with Gasteiger partial charge in [-0.15, -0.1) is 0 Å². The van der Waals surface area contributed by atoms with Crippen molar-refractivity contribution >= 4 is 23.4 Å². The van der Waals surface area contributed by atoms with E-state index in [4.69, 9.17) is 16.3 Å². The minimum absolute atomic E-state index is 0.426. The zero-order chi connectivity index (χ0) is 10.3. The van der Waals surface area contributed by atoms with E-state index in [0.717, 1.165) is 11.3 Å². The topological polar surface area (TPSA) is 38.3 Å². The van der Waals surface area contributed by atoms with Crippen molar-refractivity contribution in [3.8, 4) is 0 Å². The van der Waals surface area contributed by atoms with E-state index < -0.39 is 11.7 Å². The van der Waals surface area contributed by atoms with Gasteiger partial charge in [0.2, 0.25) is 0 Å². The molecule has 0 saturated heterocycles. The zero-order valence-electron chi connectivity index (χ0n) is 7.93. The molecular weight excluding hydrogens is 202 g/mol. The lowest BCUT2D eigenvalue weighted by molar-refractivity contribution is 0.0420. The molecule has 0 atom stereocenters. The van der Waals surface area contributed by atoms with Crippen molar-refractivity contribution in [2.45, 2.75) is 19.4 Å². The number of hydrogen-bond acceptors (Lipinski definition) is 2. The van der Waals surface area contributed by atoms with Crippen LogP contribution >= 0.6 is 11.6 Å². The van der Waals surface area contributed by atoms with E-state index in [1.165, 1.54) is 0 Å². The third-order valence-corrected chi connectivity index (χ3v) is 2.45. The highest BCUT2D eigenvalue weighted by molar-refractivity contribution is 6.30. The number of nitrogens with one attached hydrogen (secondary N) is 1. The molecule has 1 aromatic rings. The molecule has 1 amide bonds. The van der Waals surface area contributed by atoms with Gasteiger partial charge in [-0.2, -0.15) is 0 Å². The van der Waals surface area contributed by atoms with E-state index in [1.807, 2.05) is 13.8 Å². The summed E-state index contributed by atoms with van der Waals surface area (Å²) in [6.45, 7) is 3.67. The highest BCUT2D eigenvalue weighted by atomic mass is 35.5. The molecule has 0 fully saturated rings. The minimum Gasteiger partial charge on any atom is -0.438 e. The smallest absolute Gasteiger partial charge is 0.412 e. The molecule has 1 aromatic carbocycles. The largest absolute Gasteiger partial charge is 0.438 e. The molecule has 2 rings (SSSR count). The molecule has 0 aliphatic carbocycles. The number of cyclic esters (lactones) is 1. The second kappa shape index (κ2) is 2.89. The number of benzene rings is 1. The molecule has 4 heteroatoms. The molecule has 1 N–H and O–H groups in total. The maximum absolute atomic E-state index is 11.2. The first kappa shape index (κ1) is 9.34. The van der Waals surface area contributed by atoms with Crippen molar-refractivity contribution in [1.29, 1.82) is 0 Å². The number of hydrogen-bond donors (Lipinski definition) is 1. The van der Waals surface area contributed by atoms with Crippen molar-refractivity contribution in [2.24, 2.45) is 0 Å². The number of halogens is 1. The standard InChI is InChI=1S/C10H10ClNO2/c1-10(2)7-5-6(11)3-4-8(7)12-9(13)14-10/h3-5H,1-2H3,(H,12,13). The molecule has 14 heavy (non-hydrogen) atoms. The van der Waals surface area contributed by atoms with Crippen LogP contribution in [0.4, 0.5) is 10.5 Å². The molecule has 0 radical (unpaired) electrons. The molecule has 0 bridgehead atoms. The Kier molecular flexibility index (Phi) is 1.93. The van der Waals surface area contributed by atoms with Gasteiger partial charge >= 0.3 is 6.09 Å². The van der Waals surface area contributed by atoms with Crippen molar-refractivity contribution in [2.75, 3.05) is 5.32 Å². The maximum atomic E-state index is 11.2. The van der Waals surface area contributed by atoms with Gasteiger partial charge in [0.15, 0.2) is 0 Å². The van der Waals surface area contributed by atoms with Gasteiger partial charge in [-0.3, -0.25) is 5.32 Å². The lowest BCUT2D eigenvalue weighted by atomic mass is 9.95. The van der Waals surface area contributed by atoms with Crippen molar-refractivity contribution in [3.05, 3.63) is 28.8 Å². The van der Waals surface area contributed by atoms with Gasteiger partial charge in [-0.25, -0.2) is 4.79 Å². The summed E-state index contributed by atoms with van der Waals surface area (Å²) in [6, 6.07) is 5.32. The van der Waals surface area contributed by atoms with Crippen molar-refractivity contribution in [1.82, 2.24) is 0 Å². The average molecular weight is 212 g/mol. The quantitative estimate of drug-likeness (QED) is 0.716. The zero-order valence-corrected chi connectivity index (χ0v) is 8.68. The normalized spacial score (nSPS) is 18.1. The highest BCUT2D eigenvalue weighted by Crippen LogP contribution is 2.36. The van der Waals surface area contributed by atoms with Crippen LogP contribution in [-0.2, 0) is 10.3 Å². The lowest BCUT2D eigenvalue weighted by Crippen LogP contribution is -2.34.